The summed E-state index contributed by atoms with van der Waals surface area (Å²) in [6, 6.07) is 9.03. The summed E-state index contributed by atoms with van der Waals surface area (Å²) in [5.41, 5.74) is 8.36. The molecule has 1 aliphatic heterocycles. The Kier molecular flexibility index (Phi) is 6.23. The van der Waals surface area contributed by atoms with E-state index in [4.69, 9.17) is 5.73 Å². The lowest BCUT2D eigenvalue weighted by Crippen LogP contribution is -2.27. The number of hydrogen-bond acceptors (Lipinski definition) is 5. The molecule has 2 amide bonds. The third kappa shape index (κ3) is 5.06. The van der Waals surface area contributed by atoms with Crippen LogP contribution in [0.15, 0.2) is 30.3 Å². The fourth-order valence-corrected chi connectivity index (χ4v) is 3.30. The number of rotatable bonds is 6. The molecule has 3 rings (SSSR count). The molecule has 7 nitrogen and oxygen atoms in total. The van der Waals surface area contributed by atoms with E-state index in [1.807, 2.05) is 29.2 Å². The van der Waals surface area contributed by atoms with Crippen molar-refractivity contribution in [3.05, 3.63) is 52.8 Å². The molecule has 0 aliphatic carbocycles. The molecular weight excluding hydrogens is 354 g/mol. The van der Waals surface area contributed by atoms with E-state index in [1.165, 1.54) is 0 Å². The third-order valence-corrected chi connectivity index (χ3v) is 4.69. The summed E-state index contributed by atoms with van der Waals surface area (Å²) in [6.07, 6.45) is 2.88. The van der Waals surface area contributed by atoms with Crippen molar-refractivity contribution in [2.75, 3.05) is 18.8 Å². The van der Waals surface area contributed by atoms with Crippen LogP contribution in [0.5, 0.6) is 0 Å². The van der Waals surface area contributed by atoms with Gasteiger partial charge < -0.3 is 16.0 Å². The molecule has 2 heterocycles. The van der Waals surface area contributed by atoms with Gasteiger partial charge in [0.15, 0.2) is 0 Å². The monoisotopic (exact) mass is 381 g/mol. The van der Waals surface area contributed by atoms with E-state index in [2.05, 4.69) is 29.1 Å². The second-order valence-electron chi connectivity index (χ2n) is 7.58. The predicted molar refractivity (Wildman–Crippen MR) is 108 cm³/mol. The summed E-state index contributed by atoms with van der Waals surface area (Å²) in [5.74, 6) is 0.290. The number of carbonyl (C=O) groups excluding carboxylic acids is 2. The average molecular weight is 381 g/mol. The summed E-state index contributed by atoms with van der Waals surface area (Å²) >= 11 is 0. The van der Waals surface area contributed by atoms with Crippen molar-refractivity contribution >= 4 is 17.8 Å². The molecule has 0 atom stereocenters. The molecule has 1 aromatic carbocycles. The molecule has 7 heteroatoms. The highest BCUT2D eigenvalue weighted by Gasteiger charge is 2.19. The zero-order valence-corrected chi connectivity index (χ0v) is 16.4. The van der Waals surface area contributed by atoms with Crippen LogP contribution in [0.2, 0.25) is 0 Å². The Bertz CT molecular complexity index is 842. The van der Waals surface area contributed by atoms with Crippen LogP contribution < -0.4 is 11.1 Å². The molecule has 0 unspecified atom stereocenters. The maximum Gasteiger partial charge on any atom is 0.270 e. The van der Waals surface area contributed by atoms with Crippen molar-refractivity contribution < 1.29 is 9.59 Å². The Morgan fingerprint density at radius 3 is 2.46 bits per heavy atom. The Labute approximate surface area is 165 Å². The molecule has 0 spiro atoms. The zero-order valence-electron chi connectivity index (χ0n) is 16.4. The fourth-order valence-electron chi connectivity index (χ4n) is 3.30. The number of likely N-dealkylation sites (tertiary alicyclic amines) is 1. The fraction of sp³-hybridized carbons (Fsp3) is 0.429. The maximum atomic E-state index is 12.4. The maximum absolute atomic E-state index is 12.4. The number of amides is 2. The Balaban J connectivity index is 1.60. The minimum absolute atomic E-state index is 0.0715. The van der Waals surface area contributed by atoms with Gasteiger partial charge in [0.2, 0.25) is 5.95 Å². The summed E-state index contributed by atoms with van der Waals surface area (Å²) in [4.78, 5) is 34.9. The molecule has 1 saturated heterocycles. The van der Waals surface area contributed by atoms with Crippen LogP contribution in [0.4, 0.5) is 5.95 Å². The summed E-state index contributed by atoms with van der Waals surface area (Å²) < 4.78 is 0. The molecule has 0 radical (unpaired) electrons. The van der Waals surface area contributed by atoms with Crippen LogP contribution in [0.25, 0.3) is 0 Å². The van der Waals surface area contributed by atoms with Gasteiger partial charge in [0.05, 0.1) is 0 Å². The van der Waals surface area contributed by atoms with E-state index in [0.29, 0.717) is 18.0 Å². The van der Waals surface area contributed by atoms with Crippen molar-refractivity contribution in [2.45, 2.75) is 39.7 Å². The van der Waals surface area contributed by atoms with E-state index >= 15 is 0 Å². The number of benzene rings is 1. The molecule has 28 heavy (non-hydrogen) atoms. The molecule has 148 valence electrons. The number of nitrogen functional groups attached to an aromatic ring is 1. The van der Waals surface area contributed by atoms with Gasteiger partial charge in [0, 0.05) is 30.9 Å². The highest BCUT2D eigenvalue weighted by Crippen LogP contribution is 2.14. The third-order valence-electron chi connectivity index (χ3n) is 4.69. The summed E-state index contributed by atoms with van der Waals surface area (Å²) in [6.45, 7) is 6.17. The first-order chi connectivity index (χ1) is 13.4. The van der Waals surface area contributed by atoms with Crippen LogP contribution in [0.1, 0.15) is 58.8 Å². The van der Waals surface area contributed by atoms with Gasteiger partial charge in [-0.2, -0.15) is 0 Å². The Morgan fingerprint density at radius 1 is 1.14 bits per heavy atom. The number of anilines is 1. The number of nitrogens with two attached hydrogens (primary N) is 1. The summed E-state index contributed by atoms with van der Waals surface area (Å²) in [5, 5.41) is 2.85. The first-order valence-corrected chi connectivity index (χ1v) is 9.72. The smallest absolute Gasteiger partial charge is 0.270 e. The normalized spacial score (nSPS) is 13.8. The lowest BCUT2D eigenvalue weighted by atomic mass is 10.1. The minimum atomic E-state index is -0.295. The lowest BCUT2D eigenvalue weighted by Gasteiger charge is -2.15. The van der Waals surface area contributed by atoms with Gasteiger partial charge in [-0.1, -0.05) is 26.0 Å². The molecule has 1 fully saturated rings. The molecule has 1 aliphatic rings. The quantitative estimate of drug-likeness (QED) is 0.800. The zero-order chi connectivity index (χ0) is 20.1. The van der Waals surface area contributed by atoms with Crippen molar-refractivity contribution in [2.24, 2.45) is 5.92 Å². The SMILES string of the molecule is CC(C)Cc1cc(C(=O)NCc2ccc(C(=O)N3CCCC3)cc2)nc(N)n1. The second-order valence-corrected chi connectivity index (χ2v) is 7.58. The van der Waals surface area contributed by atoms with E-state index in [9.17, 15) is 9.59 Å². The Hall–Kier alpha value is -2.96. The van der Waals surface area contributed by atoms with Crippen LogP contribution >= 0.6 is 0 Å². The highest BCUT2D eigenvalue weighted by atomic mass is 16.2. The number of nitrogens with zero attached hydrogens (tertiary/aromatic N) is 3. The first-order valence-electron chi connectivity index (χ1n) is 9.72. The largest absolute Gasteiger partial charge is 0.368 e. The lowest BCUT2D eigenvalue weighted by molar-refractivity contribution is 0.0792. The molecule has 3 N–H and O–H groups in total. The molecule has 2 aromatic rings. The number of hydrogen-bond donors (Lipinski definition) is 2. The van der Waals surface area contributed by atoms with E-state index in [0.717, 1.165) is 43.6 Å². The van der Waals surface area contributed by atoms with Gasteiger partial charge in [-0.3, -0.25) is 9.59 Å². The number of carbonyl (C=O) groups is 2. The van der Waals surface area contributed by atoms with Gasteiger partial charge in [-0.25, -0.2) is 9.97 Å². The van der Waals surface area contributed by atoms with Crippen LogP contribution in [-0.4, -0.2) is 39.8 Å². The van der Waals surface area contributed by atoms with Crippen molar-refractivity contribution in [1.29, 1.82) is 0 Å². The number of nitrogens with one attached hydrogen (secondary N) is 1. The molecule has 0 bridgehead atoms. The molecular formula is C21H27N5O2. The van der Waals surface area contributed by atoms with Crippen LogP contribution in [-0.2, 0) is 13.0 Å². The standard InChI is InChI=1S/C21H27N5O2/c1-14(2)11-17-12-18(25-21(22)24-17)19(27)23-13-15-5-7-16(8-6-15)20(28)26-9-3-4-10-26/h5-8,12,14H,3-4,9-11,13H2,1-2H3,(H,23,27)(H2,22,24,25). The molecule has 0 saturated carbocycles. The Morgan fingerprint density at radius 2 is 1.82 bits per heavy atom. The second kappa shape index (κ2) is 8.82. The summed E-state index contributed by atoms with van der Waals surface area (Å²) in [7, 11) is 0. The number of aromatic nitrogens is 2. The molecule has 1 aromatic heterocycles. The van der Waals surface area contributed by atoms with Gasteiger partial charge >= 0.3 is 0 Å². The van der Waals surface area contributed by atoms with Crippen LogP contribution in [0, 0.1) is 5.92 Å². The minimum Gasteiger partial charge on any atom is -0.368 e. The van der Waals surface area contributed by atoms with Crippen molar-refractivity contribution in [3.63, 3.8) is 0 Å². The average Bonchev–Trinajstić information content (AvgIpc) is 3.19. The van der Waals surface area contributed by atoms with E-state index < -0.39 is 0 Å². The van der Waals surface area contributed by atoms with Gasteiger partial charge in [0.1, 0.15) is 5.69 Å². The predicted octanol–water partition coefficient (Wildman–Crippen LogP) is 2.42. The van der Waals surface area contributed by atoms with E-state index in [1.54, 1.807) is 6.07 Å². The van der Waals surface area contributed by atoms with Gasteiger partial charge in [-0.05, 0) is 48.9 Å². The first kappa shape index (κ1) is 19.8. The van der Waals surface area contributed by atoms with Crippen LogP contribution in [0.3, 0.4) is 0 Å². The van der Waals surface area contributed by atoms with E-state index in [-0.39, 0.29) is 23.5 Å². The highest BCUT2D eigenvalue weighted by molar-refractivity contribution is 5.94. The topological polar surface area (TPSA) is 101 Å². The van der Waals surface area contributed by atoms with Gasteiger partial charge in [0.25, 0.3) is 11.8 Å². The van der Waals surface area contributed by atoms with Crippen molar-refractivity contribution in [1.82, 2.24) is 20.2 Å². The van der Waals surface area contributed by atoms with Gasteiger partial charge in [-0.15, -0.1) is 0 Å². The van der Waals surface area contributed by atoms with Crippen molar-refractivity contribution in [3.8, 4) is 0 Å².